The van der Waals surface area contributed by atoms with Crippen molar-refractivity contribution in [2.24, 2.45) is 0 Å². The summed E-state index contributed by atoms with van der Waals surface area (Å²) in [5.41, 5.74) is 7.84. The van der Waals surface area contributed by atoms with Gasteiger partial charge in [-0.3, -0.25) is 4.98 Å². The molecule has 20 heavy (non-hydrogen) atoms. The summed E-state index contributed by atoms with van der Waals surface area (Å²) in [6.45, 7) is 1.56. The van der Waals surface area contributed by atoms with E-state index in [2.05, 4.69) is 10.3 Å². The van der Waals surface area contributed by atoms with E-state index in [0.717, 1.165) is 35.3 Å². The number of nitrogens with one attached hydrogen (secondary N) is 1. The molecule has 1 aromatic carbocycles. The van der Waals surface area contributed by atoms with Crippen molar-refractivity contribution in [3.8, 4) is 0 Å². The fourth-order valence-electron chi connectivity index (χ4n) is 2.83. The van der Waals surface area contributed by atoms with Crippen LogP contribution in [0.4, 0.5) is 11.4 Å². The van der Waals surface area contributed by atoms with Gasteiger partial charge in [0.25, 0.3) is 0 Å². The van der Waals surface area contributed by atoms with Gasteiger partial charge in [-0.15, -0.1) is 0 Å². The topological polar surface area (TPSA) is 60.2 Å². The minimum absolute atomic E-state index is 0.474. The third-order valence-electron chi connectivity index (χ3n) is 3.93. The number of ether oxygens (including phenoxy) is 1. The number of pyridine rings is 1. The largest absolute Gasteiger partial charge is 0.398 e. The summed E-state index contributed by atoms with van der Waals surface area (Å²) in [7, 11) is 0. The highest BCUT2D eigenvalue weighted by molar-refractivity contribution is 6.00. The number of nitrogens with zero attached hydrogens (tertiary/aromatic N) is 1. The summed E-state index contributed by atoms with van der Waals surface area (Å²) in [5, 5.41) is 5.52. The van der Waals surface area contributed by atoms with Crippen LogP contribution in [0.15, 0.2) is 30.6 Å². The van der Waals surface area contributed by atoms with E-state index in [4.69, 9.17) is 10.5 Å². The van der Waals surface area contributed by atoms with E-state index in [1.807, 2.05) is 24.4 Å². The Balaban J connectivity index is 1.61. The zero-order valence-corrected chi connectivity index (χ0v) is 11.6. The highest BCUT2D eigenvalue weighted by atomic mass is 16.5. The standard InChI is InChI=1S/C16H21N3O/c17-15-5-6-16(14-11-18-8-7-13(14)15)19-9-10-20-12-3-1-2-4-12/h5-8,11-12,19H,1-4,9-10,17H2. The number of fused-ring (bicyclic) bond motifs is 1. The second-order valence-electron chi connectivity index (χ2n) is 5.33. The molecule has 2 aromatic rings. The Kier molecular flexibility index (Phi) is 4.02. The van der Waals surface area contributed by atoms with Gasteiger partial charge in [-0.05, 0) is 31.0 Å². The molecule has 1 heterocycles. The highest BCUT2D eigenvalue weighted by Crippen LogP contribution is 2.27. The molecular formula is C16H21N3O. The van der Waals surface area contributed by atoms with E-state index in [9.17, 15) is 0 Å². The average Bonchev–Trinajstić information content (AvgIpc) is 2.99. The first-order valence-corrected chi connectivity index (χ1v) is 7.32. The third kappa shape index (κ3) is 2.85. The first kappa shape index (κ1) is 13.2. The van der Waals surface area contributed by atoms with E-state index in [-0.39, 0.29) is 0 Å². The number of benzene rings is 1. The highest BCUT2D eigenvalue weighted by Gasteiger charge is 2.14. The third-order valence-corrected chi connectivity index (χ3v) is 3.93. The first-order chi connectivity index (χ1) is 9.84. The van der Waals surface area contributed by atoms with E-state index >= 15 is 0 Å². The van der Waals surface area contributed by atoms with Gasteiger partial charge in [-0.2, -0.15) is 0 Å². The van der Waals surface area contributed by atoms with Crippen LogP contribution < -0.4 is 11.1 Å². The van der Waals surface area contributed by atoms with Crippen LogP contribution in [-0.4, -0.2) is 24.2 Å². The lowest BCUT2D eigenvalue weighted by Gasteiger charge is -2.13. The molecule has 0 unspecified atom stereocenters. The summed E-state index contributed by atoms with van der Waals surface area (Å²) >= 11 is 0. The van der Waals surface area contributed by atoms with Crippen molar-refractivity contribution in [1.29, 1.82) is 0 Å². The van der Waals surface area contributed by atoms with Crippen LogP contribution in [-0.2, 0) is 4.74 Å². The average molecular weight is 271 g/mol. The molecule has 0 amide bonds. The lowest BCUT2D eigenvalue weighted by Crippen LogP contribution is -2.15. The van der Waals surface area contributed by atoms with Crippen molar-refractivity contribution >= 4 is 22.1 Å². The Bertz CT molecular complexity index is 579. The maximum atomic E-state index is 5.98. The van der Waals surface area contributed by atoms with Gasteiger partial charge in [0.2, 0.25) is 0 Å². The molecule has 0 saturated heterocycles. The Morgan fingerprint density at radius 3 is 2.90 bits per heavy atom. The maximum absolute atomic E-state index is 5.98. The van der Waals surface area contributed by atoms with Crippen LogP contribution >= 0.6 is 0 Å². The summed E-state index contributed by atoms with van der Waals surface area (Å²) < 4.78 is 5.86. The molecule has 1 aliphatic rings. The first-order valence-electron chi connectivity index (χ1n) is 7.32. The monoisotopic (exact) mass is 271 g/mol. The molecule has 0 aliphatic heterocycles. The number of aromatic nitrogens is 1. The Morgan fingerprint density at radius 2 is 2.05 bits per heavy atom. The quantitative estimate of drug-likeness (QED) is 0.647. The number of nitrogen functional groups attached to an aromatic ring is 1. The lowest BCUT2D eigenvalue weighted by molar-refractivity contribution is 0.0659. The number of anilines is 2. The van der Waals surface area contributed by atoms with E-state index < -0.39 is 0 Å². The number of nitrogens with two attached hydrogens (primary N) is 1. The van der Waals surface area contributed by atoms with Gasteiger partial charge in [0.05, 0.1) is 12.7 Å². The van der Waals surface area contributed by atoms with Gasteiger partial charge in [-0.25, -0.2) is 0 Å². The molecule has 0 atom stereocenters. The SMILES string of the molecule is Nc1ccc(NCCOC2CCCC2)c2cnccc12. The number of hydrogen-bond donors (Lipinski definition) is 2. The molecule has 3 rings (SSSR count). The molecule has 0 spiro atoms. The van der Waals surface area contributed by atoms with Crippen molar-refractivity contribution in [2.75, 3.05) is 24.2 Å². The molecular weight excluding hydrogens is 250 g/mol. The molecule has 1 saturated carbocycles. The van der Waals surface area contributed by atoms with Crippen LogP contribution in [0.1, 0.15) is 25.7 Å². The second-order valence-corrected chi connectivity index (χ2v) is 5.33. The van der Waals surface area contributed by atoms with Crippen molar-refractivity contribution in [1.82, 2.24) is 4.98 Å². The summed E-state index contributed by atoms with van der Waals surface area (Å²) in [6.07, 6.45) is 9.15. The van der Waals surface area contributed by atoms with Gasteiger partial charge in [0.15, 0.2) is 0 Å². The van der Waals surface area contributed by atoms with E-state index in [1.54, 1.807) is 6.20 Å². The Hall–Kier alpha value is -1.81. The molecule has 106 valence electrons. The fourth-order valence-corrected chi connectivity index (χ4v) is 2.83. The Labute approximate surface area is 119 Å². The van der Waals surface area contributed by atoms with Crippen LogP contribution in [0.5, 0.6) is 0 Å². The minimum Gasteiger partial charge on any atom is -0.398 e. The smallest absolute Gasteiger partial charge is 0.0642 e. The molecule has 4 heteroatoms. The van der Waals surface area contributed by atoms with Gasteiger partial charge >= 0.3 is 0 Å². The van der Waals surface area contributed by atoms with Crippen molar-refractivity contribution in [2.45, 2.75) is 31.8 Å². The zero-order valence-electron chi connectivity index (χ0n) is 11.6. The summed E-state index contributed by atoms with van der Waals surface area (Å²) in [5.74, 6) is 0. The van der Waals surface area contributed by atoms with Crippen LogP contribution in [0.3, 0.4) is 0 Å². The molecule has 1 fully saturated rings. The van der Waals surface area contributed by atoms with Crippen LogP contribution in [0.25, 0.3) is 10.8 Å². The Morgan fingerprint density at radius 1 is 1.20 bits per heavy atom. The molecule has 0 radical (unpaired) electrons. The number of rotatable bonds is 5. The summed E-state index contributed by atoms with van der Waals surface area (Å²) in [6, 6.07) is 5.89. The van der Waals surface area contributed by atoms with Gasteiger partial charge in [-0.1, -0.05) is 12.8 Å². The summed E-state index contributed by atoms with van der Waals surface area (Å²) in [4.78, 5) is 4.18. The number of hydrogen-bond acceptors (Lipinski definition) is 4. The second kappa shape index (κ2) is 6.09. The maximum Gasteiger partial charge on any atom is 0.0642 e. The minimum atomic E-state index is 0.474. The predicted octanol–water partition coefficient (Wildman–Crippen LogP) is 3.19. The zero-order chi connectivity index (χ0) is 13.8. The molecule has 1 aromatic heterocycles. The molecule has 4 nitrogen and oxygen atoms in total. The fraction of sp³-hybridized carbons (Fsp3) is 0.438. The van der Waals surface area contributed by atoms with Crippen molar-refractivity contribution in [3.05, 3.63) is 30.6 Å². The van der Waals surface area contributed by atoms with Crippen molar-refractivity contribution < 1.29 is 4.74 Å². The predicted molar refractivity (Wildman–Crippen MR) is 82.9 cm³/mol. The van der Waals surface area contributed by atoms with Crippen LogP contribution in [0.2, 0.25) is 0 Å². The van der Waals surface area contributed by atoms with Crippen molar-refractivity contribution in [3.63, 3.8) is 0 Å². The van der Waals surface area contributed by atoms with Crippen LogP contribution in [0, 0.1) is 0 Å². The molecule has 0 bridgehead atoms. The van der Waals surface area contributed by atoms with Gasteiger partial charge in [0.1, 0.15) is 0 Å². The lowest BCUT2D eigenvalue weighted by atomic mass is 10.1. The normalized spacial score (nSPS) is 15.8. The van der Waals surface area contributed by atoms with Gasteiger partial charge < -0.3 is 15.8 Å². The van der Waals surface area contributed by atoms with E-state index in [0.29, 0.717) is 6.10 Å². The van der Waals surface area contributed by atoms with Gasteiger partial charge in [0, 0.05) is 41.1 Å². The molecule has 1 aliphatic carbocycles. The molecule has 3 N–H and O–H groups in total. The van der Waals surface area contributed by atoms with E-state index in [1.165, 1.54) is 25.7 Å².